The lowest BCUT2D eigenvalue weighted by atomic mass is 10.1. The van der Waals surface area contributed by atoms with Gasteiger partial charge in [0, 0.05) is 25.7 Å². The summed E-state index contributed by atoms with van der Waals surface area (Å²) in [4.78, 5) is 2.37. The molecule has 1 heterocycles. The van der Waals surface area contributed by atoms with Gasteiger partial charge in [-0.25, -0.2) is 13.1 Å². The lowest BCUT2D eigenvalue weighted by Crippen LogP contribution is -2.45. The van der Waals surface area contributed by atoms with E-state index in [-0.39, 0.29) is 11.3 Å². The van der Waals surface area contributed by atoms with Gasteiger partial charge in [0.25, 0.3) is 0 Å². The van der Waals surface area contributed by atoms with E-state index in [2.05, 4.69) is 21.8 Å². The first-order valence-corrected chi connectivity index (χ1v) is 9.48. The van der Waals surface area contributed by atoms with Crippen molar-refractivity contribution in [3.63, 3.8) is 0 Å². The first-order chi connectivity index (χ1) is 10.6. The van der Waals surface area contributed by atoms with E-state index in [0.717, 1.165) is 51.1 Å². The van der Waals surface area contributed by atoms with Crippen molar-refractivity contribution in [2.45, 2.75) is 43.5 Å². The molecule has 3 rings (SSSR count). The summed E-state index contributed by atoms with van der Waals surface area (Å²) < 4.78 is 32.1. The number of likely N-dealkylation sites (tertiary alicyclic amines) is 1. The Hall–Kier alpha value is -1.11. The molecule has 22 heavy (non-hydrogen) atoms. The molecular formula is C16H24N2O3S. The van der Waals surface area contributed by atoms with Gasteiger partial charge in [-0.05, 0) is 43.4 Å². The SMILES string of the molecule is COc1cccc(CN2CCC(NS(=O)(=O)C3CC3)CC2)c1. The average Bonchev–Trinajstić information content (AvgIpc) is 3.34. The maximum Gasteiger partial charge on any atom is 0.214 e. The molecule has 0 aromatic heterocycles. The molecule has 1 saturated heterocycles. The van der Waals surface area contributed by atoms with Crippen molar-refractivity contribution in [3.8, 4) is 5.75 Å². The van der Waals surface area contributed by atoms with Gasteiger partial charge >= 0.3 is 0 Å². The summed E-state index contributed by atoms with van der Waals surface area (Å²) in [5, 5.41) is -0.123. The second-order valence-electron chi connectivity index (χ2n) is 6.26. The molecule has 122 valence electrons. The van der Waals surface area contributed by atoms with Gasteiger partial charge in [-0.1, -0.05) is 12.1 Å². The average molecular weight is 324 g/mol. The molecule has 1 saturated carbocycles. The predicted molar refractivity (Wildman–Crippen MR) is 86.4 cm³/mol. The molecular weight excluding hydrogens is 300 g/mol. The molecule has 2 fully saturated rings. The number of piperidine rings is 1. The van der Waals surface area contributed by atoms with Crippen LogP contribution in [0.1, 0.15) is 31.2 Å². The molecule has 0 unspecified atom stereocenters. The Morgan fingerprint density at radius 3 is 2.59 bits per heavy atom. The normalized spacial score (nSPS) is 21.0. The fraction of sp³-hybridized carbons (Fsp3) is 0.625. The maximum atomic E-state index is 12.0. The van der Waals surface area contributed by atoms with Gasteiger partial charge in [-0.15, -0.1) is 0 Å². The fourth-order valence-corrected chi connectivity index (χ4v) is 4.59. The molecule has 0 atom stereocenters. The molecule has 1 aliphatic heterocycles. The van der Waals surface area contributed by atoms with Crippen molar-refractivity contribution in [1.82, 2.24) is 9.62 Å². The highest BCUT2D eigenvalue weighted by Crippen LogP contribution is 2.28. The van der Waals surface area contributed by atoms with Crippen LogP contribution >= 0.6 is 0 Å². The predicted octanol–water partition coefficient (Wildman–Crippen LogP) is 1.74. The summed E-state index contributed by atoms with van der Waals surface area (Å²) in [5.74, 6) is 0.879. The summed E-state index contributed by atoms with van der Waals surface area (Å²) in [6.45, 7) is 2.74. The number of nitrogens with zero attached hydrogens (tertiary/aromatic N) is 1. The van der Waals surface area contributed by atoms with Crippen LogP contribution in [0.5, 0.6) is 5.75 Å². The lowest BCUT2D eigenvalue weighted by Gasteiger charge is -2.32. The van der Waals surface area contributed by atoms with E-state index in [0.29, 0.717) is 0 Å². The number of sulfonamides is 1. The Morgan fingerprint density at radius 1 is 1.23 bits per heavy atom. The minimum atomic E-state index is -3.06. The number of methoxy groups -OCH3 is 1. The minimum absolute atomic E-state index is 0.104. The van der Waals surface area contributed by atoms with Crippen LogP contribution in [0.2, 0.25) is 0 Å². The number of nitrogens with one attached hydrogen (secondary N) is 1. The fourth-order valence-electron chi connectivity index (χ4n) is 2.94. The van der Waals surface area contributed by atoms with Crippen LogP contribution in [0.4, 0.5) is 0 Å². The van der Waals surface area contributed by atoms with Crippen LogP contribution in [0.15, 0.2) is 24.3 Å². The molecule has 1 aromatic rings. The third kappa shape index (κ3) is 4.00. The van der Waals surface area contributed by atoms with Crippen LogP contribution in [0.3, 0.4) is 0 Å². The number of rotatable bonds is 6. The summed E-state index contributed by atoms with van der Waals surface area (Å²) in [6, 6.07) is 8.21. The van der Waals surface area contributed by atoms with Crippen molar-refractivity contribution < 1.29 is 13.2 Å². The molecule has 1 aromatic carbocycles. The number of ether oxygens (including phenoxy) is 1. The molecule has 6 heteroatoms. The van der Waals surface area contributed by atoms with Gasteiger partial charge in [-0.3, -0.25) is 4.90 Å². The third-order valence-corrected chi connectivity index (χ3v) is 6.43. The van der Waals surface area contributed by atoms with Gasteiger partial charge in [0.2, 0.25) is 10.0 Å². The topological polar surface area (TPSA) is 58.6 Å². The van der Waals surface area contributed by atoms with Gasteiger partial charge in [0.05, 0.1) is 12.4 Å². The van der Waals surface area contributed by atoms with E-state index in [1.54, 1.807) is 7.11 Å². The quantitative estimate of drug-likeness (QED) is 0.866. The van der Waals surface area contributed by atoms with E-state index in [4.69, 9.17) is 4.74 Å². The van der Waals surface area contributed by atoms with Crippen molar-refractivity contribution in [1.29, 1.82) is 0 Å². The van der Waals surface area contributed by atoms with Gasteiger partial charge in [-0.2, -0.15) is 0 Å². The highest BCUT2D eigenvalue weighted by molar-refractivity contribution is 7.90. The monoisotopic (exact) mass is 324 g/mol. The zero-order valence-corrected chi connectivity index (χ0v) is 13.8. The second-order valence-corrected chi connectivity index (χ2v) is 8.26. The largest absolute Gasteiger partial charge is 0.497 e. The van der Waals surface area contributed by atoms with Gasteiger partial charge < -0.3 is 4.74 Å². The molecule has 2 aliphatic rings. The van der Waals surface area contributed by atoms with Gasteiger partial charge in [0.15, 0.2) is 0 Å². The first kappa shape index (κ1) is 15.8. The summed E-state index contributed by atoms with van der Waals surface area (Å²) in [6.07, 6.45) is 3.42. The van der Waals surface area contributed by atoms with E-state index in [1.165, 1.54) is 5.56 Å². The summed E-state index contributed by atoms with van der Waals surface area (Å²) >= 11 is 0. The number of hydrogen-bond donors (Lipinski definition) is 1. The molecule has 0 amide bonds. The Balaban J connectivity index is 1.49. The van der Waals surface area contributed by atoms with E-state index < -0.39 is 10.0 Å². The Morgan fingerprint density at radius 2 is 1.95 bits per heavy atom. The maximum absolute atomic E-state index is 12.0. The van der Waals surface area contributed by atoms with Crippen molar-refractivity contribution in [2.24, 2.45) is 0 Å². The molecule has 5 nitrogen and oxygen atoms in total. The summed E-state index contributed by atoms with van der Waals surface area (Å²) in [7, 11) is -1.38. The molecule has 1 N–H and O–H groups in total. The lowest BCUT2D eigenvalue weighted by molar-refractivity contribution is 0.199. The van der Waals surface area contributed by atoms with E-state index in [9.17, 15) is 8.42 Å². The molecule has 0 radical (unpaired) electrons. The van der Waals surface area contributed by atoms with E-state index >= 15 is 0 Å². The molecule has 0 bridgehead atoms. The second kappa shape index (κ2) is 6.56. The van der Waals surface area contributed by atoms with Crippen LogP contribution in [0, 0.1) is 0 Å². The Bertz CT molecular complexity index is 606. The zero-order chi connectivity index (χ0) is 15.6. The highest BCUT2D eigenvalue weighted by Gasteiger charge is 2.37. The summed E-state index contributed by atoms with van der Waals surface area (Å²) in [5.41, 5.74) is 1.23. The van der Waals surface area contributed by atoms with Crippen LogP contribution < -0.4 is 9.46 Å². The molecule has 0 spiro atoms. The van der Waals surface area contributed by atoms with Crippen LogP contribution in [-0.4, -0.2) is 44.8 Å². The van der Waals surface area contributed by atoms with Crippen molar-refractivity contribution >= 4 is 10.0 Å². The Labute approximate surface area is 132 Å². The van der Waals surface area contributed by atoms with Crippen LogP contribution in [0.25, 0.3) is 0 Å². The number of benzene rings is 1. The van der Waals surface area contributed by atoms with Crippen LogP contribution in [-0.2, 0) is 16.6 Å². The first-order valence-electron chi connectivity index (χ1n) is 7.93. The van der Waals surface area contributed by atoms with Crippen molar-refractivity contribution in [3.05, 3.63) is 29.8 Å². The minimum Gasteiger partial charge on any atom is -0.497 e. The Kier molecular flexibility index (Phi) is 4.70. The van der Waals surface area contributed by atoms with Crippen molar-refractivity contribution in [2.75, 3.05) is 20.2 Å². The zero-order valence-electron chi connectivity index (χ0n) is 13.0. The highest BCUT2D eigenvalue weighted by atomic mass is 32.2. The molecule has 1 aliphatic carbocycles. The standard InChI is InChI=1S/C16H24N2O3S/c1-21-15-4-2-3-13(11-15)12-18-9-7-14(8-10-18)17-22(19,20)16-5-6-16/h2-4,11,14,16-17H,5-10,12H2,1H3. The number of hydrogen-bond acceptors (Lipinski definition) is 4. The third-order valence-electron chi connectivity index (χ3n) is 4.42. The van der Waals surface area contributed by atoms with E-state index in [1.807, 2.05) is 12.1 Å². The smallest absolute Gasteiger partial charge is 0.214 e. The van der Waals surface area contributed by atoms with Gasteiger partial charge in [0.1, 0.15) is 5.75 Å².